The smallest absolute Gasteiger partial charge is 0.121 e. The number of fused-ring (bicyclic) bond motifs is 3. The Morgan fingerprint density at radius 2 is 1.89 bits per heavy atom. The number of phenolic OH excluding ortho intramolecular Hbond substituents is 1. The molecule has 3 atom stereocenters. The van der Waals surface area contributed by atoms with E-state index in [4.69, 9.17) is 0 Å². The van der Waals surface area contributed by atoms with Crippen molar-refractivity contribution >= 4 is 0 Å². The molecule has 2 aliphatic carbocycles. The number of hydrogen-bond acceptors (Lipinski definition) is 1. The predicted molar refractivity (Wildman–Crippen MR) is 79.9 cm³/mol. The van der Waals surface area contributed by atoms with Crippen LogP contribution in [-0.2, 0) is 5.41 Å². The summed E-state index contributed by atoms with van der Waals surface area (Å²) in [6.07, 6.45) is 4.03. The number of rotatable bonds is 0. The Kier molecular flexibility index (Phi) is 2.75. The Hall–Kier alpha value is -0.980. The van der Waals surface area contributed by atoms with Crippen molar-refractivity contribution in [2.45, 2.75) is 65.2 Å². The third-order valence-corrected chi connectivity index (χ3v) is 5.85. The molecule has 0 saturated heterocycles. The second kappa shape index (κ2) is 4.01. The molecule has 3 rings (SSSR count). The molecule has 1 aromatic carbocycles. The van der Waals surface area contributed by atoms with E-state index >= 15 is 0 Å². The normalized spacial score (nSPS) is 31.9. The first-order valence-corrected chi connectivity index (χ1v) is 7.67. The molecule has 104 valence electrons. The molecule has 1 N–H and O–H groups in total. The number of benzene rings is 1. The Morgan fingerprint density at radius 3 is 2.58 bits per heavy atom. The van der Waals surface area contributed by atoms with Crippen LogP contribution in [0.5, 0.6) is 5.75 Å². The summed E-state index contributed by atoms with van der Waals surface area (Å²) in [7, 11) is 0. The van der Waals surface area contributed by atoms with Crippen molar-refractivity contribution in [3.05, 3.63) is 28.3 Å². The van der Waals surface area contributed by atoms with Gasteiger partial charge in [0, 0.05) is 0 Å². The van der Waals surface area contributed by atoms with E-state index in [0.29, 0.717) is 11.7 Å². The van der Waals surface area contributed by atoms with E-state index in [-0.39, 0.29) is 5.41 Å². The van der Waals surface area contributed by atoms with Gasteiger partial charge < -0.3 is 5.11 Å². The van der Waals surface area contributed by atoms with Crippen LogP contribution in [0.3, 0.4) is 0 Å². The third kappa shape index (κ3) is 1.67. The summed E-state index contributed by atoms with van der Waals surface area (Å²) in [5.41, 5.74) is 5.37. The van der Waals surface area contributed by atoms with Crippen LogP contribution in [-0.4, -0.2) is 5.11 Å². The van der Waals surface area contributed by atoms with E-state index < -0.39 is 0 Å². The summed E-state index contributed by atoms with van der Waals surface area (Å²) >= 11 is 0. The van der Waals surface area contributed by atoms with Crippen LogP contribution in [0.25, 0.3) is 0 Å². The molecule has 0 radical (unpaired) electrons. The fraction of sp³-hybridized carbons (Fsp3) is 0.667. The van der Waals surface area contributed by atoms with E-state index in [1.54, 1.807) is 0 Å². The summed E-state index contributed by atoms with van der Waals surface area (Å²) in [5, 5.41) is 10.3. The second-order valence-corrected chi connectivity index (χ2v) is 7.48. The zero-order chi connectivity index (χ0) is 13.9. The minimum absolute atomic E-state index is 0.218. The summed E-state index contributed by atoms with van der Waals surface area (Å²) in [6.45, 7) is 11.3. The summed E-state index contributed by atoms with van der Waals surface area (Å²) < 4.78 is 0. The van der Waals surface area contributed by atoms with Crippen molar-refractivity contribution < 1.29 is 5.11 Å². The van der Waals surface area contributed by atoms with Crippen LogP contribution in [0.2, 0.25) is 0 Å². The highest BCUT2D eigenvalue weighted by Gasteiger charge is 2.49. The molecule has 1 heteroatoms. The van der Waals surface area contributed by atoms with E-state index in [1.807, 2.05) is 6.92 Å². The lowest BCUT2D eigenvalue weighted by Gasteiger charge is -2.37. The quantitative estimate of drug-likeness (QED) is 0.707. The van der Waals surface area contributed by atoms with Crippen LogP contribution in [0.1, 0.15) is 68.2 Å². The van der Waals surface area contributed by atoms with Crippen LogP contribution in [0.15, 0.2) is 6.07 Å². The van der Waals surface area contributed by atoms with Gasteiger partial charge in [0.2, 0.25) is 0 Å². The Balaban J connectivity index is 2.21. The minimum Gasteiger partial charge on any atom is -0.507 e. The minimum atomic E-state index is 0.218. The highest BCUT2D eigenvalue weighted by Crippen LogP contribution is 2.59. The van der Waals surface area contributed by atoms with Gasteiger partial charge in [-0.05, 0) is 72.1 Å². The molecular formula is C18H26O. The molecule has 1 fully saturated rings. The van der Waals surface area contributed by atoms with Crippen molar-refractivity contribution in [1.82, 2.24) is 0 Å². The van der Waals surface area contributed by atoms with Gasteiger partial charge in [-0.15, -0.1) is 0 Å². The number of phenols is 1. The van der Waals surface area contributed by atoms with E-state index in [0.717, 1.165) is 23.0 Å². The molecule has 1 aromatic rings. The van der Waals surface area contributed by atoms with Crippen molar-refractivity contribution in [3.63, 3.8) is 0 Å². The maximum Gasteiger partial charge on any atom is 0.121 e. The van der Waals surface area contributed by atoms with E-state index in [9.17, 15) is 5.11 Å². The molecular weight excluding hydrogens is 232 g/mol. The average Bonchev–Trinajstić information content (AvgIpc) is 2.55. The topological polar surface area (TPSA) is 20.2 Å². The fourth-order valence-corrected chi connectivity index (χ4v) is 4.93. The number of hydrogen-bond donors (Lipinski definition) is 1. The molecule has 0 bridgehead atoms. The zero-order valence-electron chi connectivity index (χ0n) is 12.9. The van der Waals surface area contributed by atoms with Crippen LogP contribution in [0.4, 0.5) is 0 Å². The highest BCUT2D eigenvalue weighted by atomic mass is 16.3. The van der Waals surface area contributed by atoms with E-state index in [1.165, 1.54) is 30.4 Å². The molecule has 19 heavy (non-hydrogen) atoms. The fourth-order valence-electron chi connectivity index (χ4n) is 4.93. The van der Waals surface area contributed by atoms with Crippen molar-refractivity contribution in [2.24, 2.45) is 11.8 Å². The van der Waals surface area contributed by atoms with E-state index in [2.05, 4.69) is 33.8 Å². The van der Waals surface area contributed by atoms with Crippen LogP contribution >= 0.6 is 0 Å². The van der Waals surface area contributed by atoms with Crippen molar-refractivity contribution in [3.8, 4) is 5.75 Å². The first-order chi connectivity index (χ1) is 8.84. The van der Waals surface area contributed by atoms with Gasteiger partial charge in [-0.2, -0.15) is 0 Å². The van der Waals surface area contributed by atoms with Gasteiger partial charge in [0.05, 0.1) is 0 Å². The van der Waals surface area contributed by atoms with Gasteiger partial charge in [0.15, 0.2) is 0 Å². The van der Waals surface area contributed by atoms with Crippen LogP contribution < -0.4 is 0 Å². The number of aromatic hydroxyl groups is 1. The molecule has 0 aromatic heterocycles. The average molecular weight is 258 g/mol. The van der Waals surface area contributed by atoms with Gasteiger partial charge in [0.1, 0.15) is 5.75 Å². The Bertz CT molecular complexity index is 527. The highest BCUT2D eigenvalue weighted by molar-refractivity contribution is 5.56. The first-order valence-electron chi connectivity index (χ1n) is 7.67. The molecule has 0 heterocycles. The van der Waals surface area contributed by atoms with Gasteiger partial charge in [0.25, 0.3) is 0 Å². The monoisotopic (exact) mass is 258 g/mol. The molecule has 0 spiro atoms. The van der Waals surface area contributed by atoms with Crippen molar-refractivity contribution in [2.75, 3.05) is 0 Å². The molecule has 0 unspecified atom stereocenters. The largest absolute Gasteiger partial charge is 0.507 e. The zero-order valence-corrected chi connectivity index (χ0v) is 12.9. The number of aryl methyl sites for hydroxylation is 1. The summed E-state index contributed by atoms with van der Waals surface area (Å²) in [5.74, 6) is 2.83. The molecule has 2 aliphatic rings. The molecule has 0 aliphatic heterocycles. The maximum atomic E-state index is 10.3. The lowest BCUT2D eigenvalue weighted by molar-refractivity contribution is 0.195. The molecule has 1 saturated carbocycles. The summed E-state index contributed by atoms with van der Waals surface area (Å²) in [4.78, 5) is 0. The Morgan fingerprint density at radius 1 is 1.21 bits per heavy atom. The lowest BCUT2D eigenvalue weighted by atomic mass is 9.67. The first kappa shape index (κ1) is 13.0. The predicted octanol–water partition coefficient (Wildman–Crippen LogP) is 4.82. The second-order valence-electron chi connectivity index (χ2n) is 7.48. The van der Waals surface area contributed by atoms with Gasteiger partial charge in [-0.3, -0.25) is 0 Å². The SMILES string of the molecule is Cc1cc2c(c(C)c1O)C(C)(C)[C@@H]1CC[C@@H](C)C[C@@H]21. The standard InChI is InChI=1S/C18H26O/c1-10-6-7-15-13(8-10)14-9-11(2)17(19)12(3)16(14)18(15,4)5/h9-10,13,15,19H,6-8H2,1-5H3/t10-,13+,15-/m1/s1. The Labute approximate surface area is 117 Å². The molecule has 0 amide bonds. The third-order valence-electron chi connectivity index (χ3n) is 5.85. The lowest BCUT2D eigenvalue weighted by Crippen LogP contribution is -2.30. The molecule has 1 nitrogen and oxygen atoms in total. The van der Waals surface area contributed by atoms with Gasteiger partial charge in [-0.25, -0.2) is 0 Å². The van der Waals surface area contributed by atoms with Gasteiger partial charge in [-0.1, -0.05) is 33.3 Å². The summed E-state index contributed by atoms with van der Waals surface area (Å²) in [6, 6.07) is 2.27. The van der Waals surface area contributed by atoms with Crippen LogP contribution in [0, 0.1) is 25.7 Å². The maximum absolute atomic E-state index is 10.3. The van der Waals surface area contributed by atoms with Gasteiger partial charge >= 0.3 is 0 Å². The van der Waals surface area contributed by atoms with Crippen molar-refractivity contribution in [1.29, 1.82) is 0 Å².